The second-order valence-corrected chi connectivity index (χ2v) is 6.14. The fraction of sp³-hybridized carbons (Fsp3) is 0.167. The Morgan fingerprint density at radius 1 is 1.35 bits per heavy atom. The van der Waals surface area contributed by atoms with Crippen molar-refractivity contribution in [2.24, 2.45) is 0 Å². The fourth-order valence-corrected chi connectivity index (χ4v) is 2.16. The van der Waals surface area contributed by atoms with Gasteiger partial charge in [-0.3, -0.25) is 4.31 Å². The molecule has 1 aromatic heterocycles. The molecule has 0 radical (unpaired) electrons. The number of aromatic carboxylic acids is 1. The quantitative estimate of drug-likeness (QED) is 0.916. The average Bonchev–Trinajstić information content (AvgIpc) is 2.86. The van der Waals surface area contributed by atoms with E-state index in [1.165, 1.54) is 13.1 Å². The van der Waals surface area contributed by atoms with Crippen molar-refractivity contribution in [1.29, 1.82) is 0 Å². The van der Waals surface area contributed by atoms with Gasteiger partial charge < -0.3 is 9.63 Å². The zero-order valence-corrected chi connectivity index (χ0v) is 11.6. The summed E-state index contributed by atoms with van der Waals surface area (Å²) in [5, 5.41) is 12.5. The summed E-state index contributed by atoms with van der Waals surface area (Å²) < 4.78 is 29.0. The molecule has 106 valence electrons. The lowest BCUT2D eigenvalue weighted by Gasteiger charge is -2.19. The number of para-hydroxylation sites is 1. The Labute approximate surface area is 115 Å². The first-order valence-electron chi connectivity index (χ1n) is 5.54. The van der Waals surface area contributed by atoms with Gasteiger partial charge in [0.05, 0.1) is 11.9 Å². The zero-order valence-electron chi connectivity index (χ0n) is 10.8. The molecule has 1 heterocycles. The maximum atomic E-state index is 11.6. The Balaban J connectivity index is 2.55. The van der Waals surface area contributed by atoms with Crippen LogP contribution in [0.4, 0.5) is 5.69 Å². The van der Waals surface area contributed by atoms with Crippen molar-refractivity contribution in [2.45, 2.75) is 0 Å². The highest BCUT2D eigenvalue weighted by molar-refractivity contribution is 7.92. The van der Waals surface area contributed by atoms with Crippen LogP contribution in [0.3, 0.4) is 0 Å². The predicted molar refractivity (Wildman–Crippen MR) is 72.1 cm³/mol. The Kier molecular flexibility index (Phi) is 3.49. The van der Waals surface area contributed by atoms with Crippen molar-refractivity contribution in [3.8, 4) is 11.3 Å². The minimum Gasteiger partial charge on any atom is -0.475 e. The largest absolute Gasteiger partial charge is 0.475 e. The van der Waals surface area contributed by atoms with E-state index in [1.807, 2.05) is 0 Å². The van der Waals surface area contributed by atoms with Crippen molar-refractivity contribution >= 4 is 21.7 Å². The molecule has 0 atom stereocenters. The minimum atomic E-state index is -3.44. The molecule has 0 fully saturated rings. The van der Waals surface area contributed by atoms with Crippen LogP contribution in [0.15, 0.2) is 34.9 Å². The Hall–Kier alpha value is -2.35. The van der Waals surface area contributed by atoms with Crippen molar-refractivity contribution in [2.75, 3.05) is 17.6 Å². The van der Waals surface area contributed by atoms with Crippen LogP contribution in [0.25, 0.3) is 11.3 Å². The van der Waals surface area contributed by atoms with Gasteiger partial charge in [-0.1, -0.05) is 23.4 Å². The molecular weight excluding hydrogens is 284 g/mol. The van der Waals surface area contributed by atoms with Crippen LogP contribution < -0.4 is 4.31 Å². The first-order chi connectivity index (χ1) is 9.30. The van der Waals surface area contributed by atoms with Gasteiger partial charge in [0.25, 0.3) is 0 Å². The van der Waals surface area contributed by atoms with Crippen LogP contribution in [-0.2, 0) is 10.0 Å². The summed E-state index contributed by atoms with van der Waals surface area (Å²) in [4.78, 5) is 10.8. The lowest BCUT2D eigenvalue weighted by atomic mass is 10.1. The highest BCUT2D eigenvalue weighted by atomic mass is 32.2. The Morgan fingerprint density at radius 3 is 2.55 bits per heavy atom. The van der Waals surface area contributed by atoms with Crippen molar-refractivity contribution in [1.82, 2.24) is 5.16 Å². The van der Waals surface area contributed by atoms with E-state index in [-0.39, 0.29) is 11.5 Å². The molecule has 0 saturated carbocycles. The number of nitrogens with zero attached hydrogens (tertiary/aromatic N) is 2. The Morgan fingerprint density at radius 2 is 2.00 bits per heavy atom. The lowest BCUT2D eigenvalue weighted by Crippen LogP contribution is -2.25. The van der Waals surface area contributed by atoms with Crippen LogP contribution in [-0.4, -0.2) is 38.0 Å². The van der Waals surface area contributed by atoms with Crippen LogP contribution in [0.1, 0.15) is 10.6 Å². The molecule has 0 saturated heterocycles. The van der Waals surface area contributed by atoms with E-state index >= 15 is 0 Å². The number of rotatable bonds is 4. The number of benzene rings is 1. The van der Waals surface area contributed by atoms with Gasteiger partial charge in [0.1, 0.15) is 5.69 Å². The number of hydrogen-bond donors (Lipinski definition) is 1. The highest BCUT2D eigenvalue weighted by Crippen LogP contribution is 2.30. The van der Waals surface area contributed by atoms with Gasteiger partial charge in [0.15, 0.2) is 0 Å². The first-order valence-corrected chi connectivity index (χ1v) is 7.39. The third kappa shape index (κ3) is 2.64. The van der Waals surface area contributed by atoms with E-state index in [2.05, 4.69) is 9.68 Å². The van der Waals surface area contributed by atoms with Crippen molar-refractivity contribution in [3.05, 3.63) is 36.1 Å². The molecular formula is C12H12N2O5S. The van der Waals surface area contributed by atoms with E-state index in [0.717, 1.165) is 10.6 Å². The van der Waals surface area contributed by atoms with Gasteiger partial charge in [-0.05, 0) is 6.07 Å². The maximum absolute atomic E-state index is 11.6. The third-order valence-electron chi connectivity index (χ3n) is 2.74. The summed E-state index contributed by atoms with van der Waals surface area (Å²) in [6.07, 6.45) is 1.08. The van der Waals surface area contributed by atoms with E-state index in [9.17, 15) is 13.2 Å². The standard InChI is InChI=1S/C12H12N2O5S/c1-14(20(2,17)18)10-6-4-3-5-8(10)9-7-11(12(15)16)19-13-9/h3-7H,1-2H3,(H,15,16). The monoisotopic (exact) mass is 296 g/mol. The number of sulfonamides is 1. The predicted octanol–water partition coefficient (Wildman–Crippen LogP) is 1.44. The molecule has 0 spiro atoms. The SMILES string of the molecule is CN(c1ccccc1-c1cc(C(=O)O)on1)S(C)(=O)=O. The van der Waals surface area contributed by atoms with Crippen LogP contribution >= 0.6 is 0 Å². The highest BCUT2D eigenvalue weighted by Gasteiger charge is 2.19. The average molecular weight is 296 g/mol. The van der Waals surface area contributed by atoms with E-state index in [4.69, 9.17) is 5.11 Å². The molecule has 2 aromatic rings. The van der Waals surface area contributed by atoms with Crippen LogP contribution in [0.2, 0.25) is 0 Å². The summed E-state index contributed by atoms with van der Waals surface area (Å²) in [6, 6.07) is 7.87. The van der Waals surface area contributed by atoms with Gasteiger partial charge in [-0.2, -0.15) is 0 Å². The molecule has 0 unspecified atom stereocenters. The molecule has 7 nitrogen and oxygen atoms in total. The molecule has 0 bridgehead atoms. The van der Waals surface area contributed by atoms with E-state index < -0.39 is 16.0 Å². The number of hydrogen-bond acceptors (Lipinski definition) is 5. The van der Waals surface area contributed by atoms with Gasteiger partial charge in [0, 0.05) is 18.7 Å². The summed E-state index contributed by atoms with van der Waals surface area (Å²) in [7, 11) is -2.03. The number of carboxylic acid groups (broad SMARTS) is 1. The van der Waals surface area contributed by atoms with Crippen molar-refractivity contribution in [3.63, 3.8) is 0 Å². The second-order valence-electron chi connectivity index (χ2n) is 4.13. The van der Waals surface area contributed by atoms with Gasteiger partial charge in [-0.25, -0.2) is 13.2 Å². The normalized spacial score (nSPS) is 11.3. The molecule has 0 aliphatic rings. The summed E-state index contributed by atoms with van der Waals surface area (Å²) >= 11 is 0. The summed E-state index contributed by atoms with van der Waals surface area (Å²) in [6.45, 7) is 0. The van der Waals surface area contributed by atoms with E-state index in [0.29, 0.717) is 11.3 Å². The zero-order chi connectivity index (χ0) is 14.9. The Bertz CT molecular complexity index is 751. The number of anilines is 1. The number of carboxylic acids is 1. The summed E-state index contributed by atoms with van der Waals surface area (Å²) in [5.74, 6) is -1.55. The minimum absolute atomic E-state index is 0.258. The molecule has 0 amide bonds. The molecule has 8 heteroatoms. The smallest absolute Gasteiger partial charge is 0.374 e. The van der Waals surface area contributed by atoms with Gasteiger partial charge in [-0.15, -0.1) is 0 Å². The first kappa shape index (κ1) is 14.1. The van der Waals surface area contributed by atoms with E-state index in [1.54, 1.807) is 24.3 Å². The van der Waals surface area contributed by atoms with Gasteiger partial charge >= 0.3 is 5.97 Å². The van der Waals surface area contributed by atoms with Crippen LogP contribution in [0.5, 0.6) is 0 Å². The second kappa shape index (κ2) is 4.97. The lowest BCUT2D eigenvalue weighted by molar-refractivity contribution is 0.0652. The van der Waals surface area contributed by atoms with Crippen LogP contribution in [0, 0.1) is 0 Å². The number of aromatic nitrogens is 1. The topological polar surface area (TPSA) is 101 Å². The number of carbonyl (C=O) groups is 1. The molecule has 20 heavy (non-hydrogen) atoms. The molecule has 1 aromatic carbocycles. The fourth-order valence-electron chi connectivity index (χ4n) is 1.65. The third-order valence-corrected chi connectivity index (χ3v) is 3.93. The van der Waals surface area contributed by atoms with Gasteiger partial charge in [0.2, 0.25) is 15.8 Å². The molecule has 2 rings (SSSR count). The molecule has 0 aliphatic heterocycles. The molecule has 1 N–H and O–H groups in total. The maximum Gasteiger partial charge on any atom is 0.374 e. The van der Waals surface area contributed by atoms with Crippen molar-refractivity contribution < 1.29 is 22.8 Å². The molecule has 0 aliphatic carbocycles. The summed E-state index contributed by atoms with van der Waals surface area (Å²) in [5.41, 5.74) is 1.12.